The Morgan fingerprint density at radius 3 is 2.62 bits per heavy atom. The van der Waals surface area contributed by atoms with E-state index in [0.29, 0.717) is 0 Å². The minimum atomic E-state index is 0.855. The number of nitrogens with zero attached hydrogens (tertiary/aromatic N) is 1. The van der Waals surface area contributed by atoms with E-state index in [0.717, 1.165) is 33.1 Å². The third kappa shape index (κ3) is 2.86. The van der Waals surface area contributed by atoms with Crippen molar-refractivity contribution >= 4 is 37.5 Å². The lowest BCUT2D eigenvalue weighted by Crippen LogP contribution is -2.10. The van der Waals surface area contributed by atoms with E-state index in [9.17, 15) is 0 Å². The first kappa shape index (κ1) is 16.4. The number of hydrogen-bond donors (Lipinski definition) is 3. The van der Waals surface area contributed by atoms with E-state index in [4.69, 9.17) is 5.73 Å². The second-order valence-electron chi connectivity index (χ2n) is 6.38. The molecule has 0 saturated heterocycles. The third-order valence-electron chi connectivity index (χ3n) is 4.29. The number of hydrogen-bond acceptors (Lipinski definition) is 4. The minimum absolute atomic E-state index is 0.855. The number of aromatic nitrogens is 2. The highest BCUT2D eigenvalue weighted by Gasteiger charge is 2.10. The van der Waals surface area contributed by atoms with Crippen LogP contribution in [0.4, 0.5) is 0 Å². The highest BCUT2D eigenvalue weighted by molar-refractivity contribution is 7.25. The summed E-state index contributed by atoms with van der Waals surface area (Å²) < 4.78 is 1.24. The lowest BCUT2D eigenvalue weighted by Gasteiger charge is -2.11. The Kier molecular flexibility index (Phi) is 4.01. The molecule has 0 aliphatic carbocycles. The maximum absolute atomic E-state index is 5.73. The Balaban J connectivity index is 1.69. The summed E-state index contributed by atoms with van der Waals surface area (Å²) in [4.78, 5) is 8.96. The van der Waals surface area contributed by atoms with Crippen molar-refractivity contribution in [3.63, 3.8) is 0 Å². The average Bonchev–Trinajstić information content (AvgIpc) is 3.14. The molecule has 4 rings (SSSR count). The van der Waals surface area contributed by atoms with Crippen LogP contribution in [0.15, 0.2) is 60.9 Å². The second-order valence-corrected chi connectivity index (χ2v) is 7.41. The van der Waals surface area contributed by atoms with E-state index in [-0.39, 0.29) is 0 Å². The van der Waals surface area contributed by atoms with Crippen molar-refractivity contribution < 1.29 is 0 Å². The topological polar surface area (TPSA) is 66.7 Å². The Morgan fingerprint density at radius 1 is 1.19 bits per heavy atom. The molecule has 0 spiro atoms. The van der Waals surface area contributed by atoms with Gasteiger partial charge in [0.15, 0.2) is 0 Å². The monoisotopic (exact) mass is 360 g/mol. The van der Waals surface area contributed by atoms with Crippen LogP contribution >= 0.6 is 11.3 Å². The van der Waals surface area contributed by atoms with Gasteiger partial charge in [0.25, 0.3) is 0 Å². The van der Waals surface area contributed by atoms with E-state index < -0.39 is 0 Å². The first-order valence-corrected chi connectivity index (χ1v) is 9.21. The standard InChI is InChI=1S/C21H20N4S/c1-12(2)23-18(11-22)15-6-4-14(5-7-15)16-8-9-17-19(10-16)26-21-20(17)24-13(3)25-21/h4-11,23H,1,22H2,2-3H3,(H,24,25)/b18-11-. The summed E-state index contributed by atoms with van der Waals surface area (Å²) in [5.41, 5.74) is 12.0. The summed E-state index contributed by atoms with van der Waals surface area (Å²) in [6, 6.07) is 14.9. The third-order valence-corrected chi connectivity index (χ3v) is 5.34. The molecule has 0 atom stereocenters. The number of rotatable bonds is 4. The van der Waals surface area contributed by atoms with Crippen LogP contribution in [0.1, 0.15) is 18.3 Å². The molecule has 0 amide bonds. The number of allylic oxidation sites excluding steroid dienone is 1. The van der Waals surface area contributed by atoms with Gasteiger partial charge >= 0.3 is 0 Å². The van der Waals surface area contributed by atoms with E-state index in [1.54, 1.807) is 17.5 Å². The molecule has 0 bridgehead atoms. The van der Waals surface area contributed by atoms with Gasteiger partial charge in [-0.3, -0.25) is 0 Å². The molecule has 0 aliphatic rings. The van der Waals surface area contributed by atoms with Crippen molar-refractivity contribution in [2.24, 2.45) is 5.73 Å². The van der Waals surface area contributed by atoms with Crippen LogP contribution in [-0.2, 0) is 0 Å². The second kappa shape index (κ2) is 6.35. The molecule has 26 heavy (non-hydrogen) atoms. The van der Waals surface area contributed by atoms with Crippen LogP contribution in [0.5, 0.6) is 0 Å². The van der Waals surface area contributed by atoms with Crippen LogP contribution in [0.2, 0.25) is 0 Å². The quantitative estimate of drug-likeness (QED) is 0.472. The molecule has 4 nitrogen and oxygen atoms in total. The average molecular weight is 360 g/mol. The van der Waals surface area contributed by atoms with Gasteiger partial charge in [-0.05, 0) is 36.6 Å². The predicted octanol–water partition coefficient (Wildman–Crippen LogP) is 5.13. The number of aromatic amines is 1. The Morgan fingerprint density at radius 2 is 1.92 bits per heavy atom. The van der Waals surface area contributed by atoms with E-state index >= 15 is 0 Å². The molecule has 0 fully saturated rings. The Labute approximate surface area is 156 Å². The van der Waals surface area contributed by atoms with Gasteiger partial charge in [-0.1, -0.05) is 43.0 Å². The Bertz CT molecular complexity index is 1150. The maximum atomic E-state index is 5.73. The van der Waals surface area contributed by atoms with Gasteiger partial charge in [-0.15, -0.1) is 11.3 Å². The molecule has 4 N–H and O–H groups in total. The lowest BCUT2D eigenvalue weighted by atomic mass is 10.0. The van der Waals surface area contributed by atoms with Gasteiger partial charge in [0.2, 0.25) is 0 Å². The number of thiophene rings is 1. The molecular formula is C21H20N4S. The zero-order valence-corrected chi connectivity index (χ0v) is 15.6. The van der Waals surface area contributed by atoms with Crippen molar-refractivity contribution in [1.29, 1.82) is 0 Å². The van der Waals surface area contributed by atoms with Gasteiger partial charge in [0, 0.05) is 22.0 Å². The summed E-state index contributed by atoms with van der Waals surface area (Å²) in [6.07, 6.45) is 1.57. The summed E-state index contributed by atoms with van der Waals surface area (Å²) in [5, 5.41) is 4.41. The highest BCUT2D eigenvalue weighted by atomic mass is 32.1. The summed E-state index contributed by atoms with van der Waals surface area (Å²) in [5.74, 6) is 0.958. The van der Waals surface area contributed by atoms with E-state index in [1.807, 2.05) is 13.8 Å². The normalized spacial score (nSPS) is 12.0. The van der Waals surface area contributed by atoms with Crippen molar-refractivity contribution in [1.82, 2.24) is 15.3 Å². The number of fused-ring (bicyclic) bond motifs is 3. The fourth-order valence-electron chi connectivity index (χ4n) is 3.11. The molecule has 2 aromatic carbocycles. The highest BCUT2D eigenvalue weighted by Crippen LogP contribution is 2.35. The first-order chi connectivity index (χ1) is 12.5. The molecule has 0 unspecified atom stereocenters. The summed E-state index contributed by atoms with van der Waals surface area (Å²) >= 11 is 1.72. The molecule has 130 valence electrons. The van der Waals surface area contributed by atoms with Crippen LogP contribution in [-0.4, -0.2) is 9.97 Å². The lowest BCUT2D eigenvalue weighted by molar-refractivity contribution is 1.08. The van der Waals surface area contributed by atoms with Gasteiger partial charge < -0.3 is 16.0 Å². The van der Waals surface area contributed by atoms with E-state index in [1.165, 1.54) is 21.2 Å². The number of aryl methyl sites for hydroxylation is 1. The van der Waals surface area contributed by atoms with Gasteiger partial charge in [0.05, 0.1) is 11.2 Å². The first-order valence-electron chi connectivity index (χ1n) is 8.39. The fraction of sp³-hybridized carbons (Fsp3) is 0.0952. The van der Waals surface area contributed by atoms with Gasteiger partial charge in [0.1, 0.15) is 10.7 Å². The maximum Gasteiger partial charge on any atom is 0.142 e. The van der Waals surface area contributed by atoms with E-state index in [2.05, 4.69) is 64.3 Å². The smallest absolute Gasteiger partial charge is 0.142 e. The molecule has 2 heterocycles. The number of imidazole rings is 1. The van der Waals surface area contributed by atoms with Crippen molar-refractivity contribution in [2.75, 3.05) is 0 Å². The summed E-state index contributed by atoms with van der Waals surface area (Å²) in [6.45, 7) is 7.76. The number of H-pyrrole nitrogens is 1. The van der Waals surface area contributed by atoms with Crippen LogP contribution in [0, 0.1) is 6.92 Å². The molecule has 2 aromatic heterocycles. The Hall–Kier alpha value is -3.05. The molecule has 0 aliphatic heterocycles. The number of nitrogens with two attached hydrogens (primary N) is 1. The summed E-state index contributed by atoms with van der Waals surface area (Å²) in [7, 11) is 0. The largest absolute Gasteiger partial charge is 0.403 e. The van der Waals surface area contributed by atoms with Crippen LogP contribution in [0.3, 0.4) is 0 Å². The number of nitrogens with one attached hydrogen (secondary N) is 2. The number of benzene rings is 2. The molecule has 0 saturated carbocycles. The van der Waals surface area contributed by atoms with Gasteiger partial charge in [-0.25, -0.2) is 4.98 Å². The van der Waals surface area contributed by atoms with Crippen LogP contribution < -0.4 is 11.1 Å². The zero-order chi connectivity index (χ0) is 18.3. The zero-order valence-electron chi connectivity index (χ0n) is 14.8. The van der Waals surface area contributed by atoms with Crippen LogP contribution in [0.25, 0.3) is 37.3 Å². The molecular weight excluding hydrogens is 340 g/mol. The SMILES string of the molecule is C=C(C)N/C(=C\N)c1ccc(-c2ccc3c(c2)sc2nc(C)[nH]c23)cc1. The molecule has 0 radical (unpaired) electrons. The van der Waals surface area contributed by atoms with Crippen molar-refractivity contribution in [2.45, 2.75) is 13.8 Å². The molecule has 4 aromatic rings. The van der Waals surface area contributed by atoms with Crippen molar-refractivity contribution in [3.8, 4) is 11.1 Å². The minimum Gasteiger partial charge on any atom is -0.403 e. The van der Waals surface area contributed by atoms with Crippen molar-refractivity contribution in [3.05, 3.63) is 72.3 Å². The molecule has 5 heteroatoms. The predicted molar refractivity (Wildman–Crippen MR) is 112 cm³/mol. The fourth-order valence-corrected chi connectivity index (χ4v) is 4.23. The van der Waals surface area contributed by atoms with Gasteiger partial charge in [-0.2, -0.15) is 0 Å².